The molecule has 0 fully saturated rings. The largest absolute Gasteiger partial charge is 0.756 e. The molecule has 0 radical (unpaired) electrons. The van der Waals surface area contributed by atoms with Crippen molar-refractivity contribution in [3.8, 4) is 0 Å². The highest BCUT2D eigenvalue weighted by atomic mass is 31.2. The molecule has 2 unspecified atom stereocenters. The van der Waals surface area contributed by atoms with Gasteiger partial charge in [-0.15, -0.1) is 0 Å². The molecule has 6 heteroatoms. The Kier molecular flexibility index (Phi) is 16.2. The van der Waals surface area contributed by atoms with Gasteiger partial charge in [-0.1, -0.05) is 66.2 Å². The fourth-order valence-electron chi connectivity index (χ4n) is 2.23. The van der Waals surface area contributed by atoms with Gasteiger partial charge in [-0.2, -0.15) is 0 Å². The topological polar surface area (TPSA) is 95.1 Å². The van der Waals surface area contributed by atoms with Gasteiger partial charge in [0.15, 0.2) is 0 Å². The molecule has 0 aliphatic heterocycles. The zero-order chi connectivity index (χ0) is 16.1. The van der Waals surface area contributed by atoms with Crippen LogP contribution in [0.3, 0.4) is 0 Å². The van der Waals surface area contributed by atoms with E-state index in [2.05, 4.69) is 27.7 Å². The van der Waals surface area contributed by atoms with Crippen LogP contribution in [0.1, 0.15) is 79.1 Å². The third kappa shape index (κ3) is 12.6. The summed E-state index contributed by atoms with van der Waals surface area (Å²) < 4.78 is 21.9. The molecule has 2 atom stereocenters. The van der Waals surface area contributed by atoms with E-state index in [-0.39, 0.29) is 19.4 Å². The molecule has 0 saturated carbocycles. The van der Waals surface area contributed by atoms with Crippen LogP contribution in [0, 0.1) is 11.8 Å². The van der Waals surface area contributed by atoms with E-state index in [9.17, 15) is 9.46 Å². The van der Waals surface area contributed by atoms with E-state index in [1.807, 2.05) is 0 Å². The lowest BCUT2D eigenvalue weighted by atomic mass is 10.0. The Morgan fingerprint density at radius 1 is 0.864 bits per heavy atom. The van der Waals surface area contributed by atoms with Crippen molar-refractivity contribution in [2.75, 3.05) is 13.2 Å². The van der Waals surface area contributed by atoms with Crippen LogP contribution in [0.25, 0.3) is 0 Å². The number of phosphoric ester groups is 1. The van der Waals surface area contributed by atoms with Crippen LogP contribution >= 0.6 is 7.82 Å². The zero-order valence-electron chi connectivity index (χ0n) is 15.3. The Morgan fingerprint density at radius 3 is 1.50 bits per heavy atom. The molecule has 0 aromatic rings. The van der Waals surface area contributed by atoms with E-state index in [0.717, 1.165) is 51.4 Å². The summed E-state index contributed by atoms with van der Waals surface area (Å²) in [6.07, 6.45) is 8.38. The summed E-state index contributed by atoms with van der Waals surface area (Å²) in [7, 11) is -4.14. The highest BCUT2D eigenvalue weighted by Gasteiger charge is 2.16. The molecule has 0 aromatic carbocycles. The third-order valence-corrected chi connectivity index (χ3v) is 4.95. The molecule has 0 aliphatic rings. The van der Waals surface area contributed by atoms with Gasteiger partial charge >= 0.3 is 0 Å². The molecule has 22 heavy (non-hydrogen) atoms. The van der Waals surface area contributed by atoms with Gasteiger partial charge in [0.2, 0.25) is 0 Å². The Labute approximate surface area is 137 Å². The van der Waals surface area contributed by atoms with Crippen LogP contribution in [-0.2, 0) is 13.6 Å². The second-order valence-corrected chi connectivity index (χ2v) is 7.28. The number of unbranched alkanes of at least 4 members (excludes halogenated alkanes) is 2. The average Bonchev–Trinajstić information content (AvgIpc) is 2.47. The molecular formula is C16H38NO4P. The van der Waals surface area contributed by atoms with Crippen molar-refractivity contribution in [3.63, 3.8) is 0 Å². The van der Waals surface area contributed by atoms with Crippen molar-refractivity contribution in [2.45, 2.75) is 79.1 Å². The van der Waals surface area contributed by atoms with Crippen LogP contribution in [-0.4, -0.2) is 13.2 Å². The van der Waals surface area contributed by atoms with Gasteiger partial charge in [-0.05, 0) is 24.7 Å². The van der Waals surface area contributed by atoms with Crippen LogP contribution < -0.4 is 11.0 Å². The van der Waals surface area contributed by atoms with Crippen molar-refractivity contribution in [3.05, 3.63) is 0 Å². The van der Waals surface area contributed by atoms with Crippen LogP contribution in [0.2, 0.25) is 0 Å². The van der Waals surface area contributed by atoms with E-state index in [1.54, 1.807) is 0 Å². The molecule has 0 aliphatic carbocycles. The summed E-state index contributed by atoms with van der Waals surface area (Å²) in [5, 5.41) is 0. The second kappa shape index (κ2) is 14.6. The Morgan fingerprint density at radius 2 is 1.23 bits per heavy atom. The Balaban J connectivity index is 0. The van der Waals surface area contributed by atoms with Crippen molar-refractivity contribution in [2.24, 2.45) is 11.8 Å². The van der Waals surface area contributed by atoms with Crippen LogP contribution in [0.15, 0.2) is 0 Å². The maximum absolute atomic E-state index is 11.8. The average molecular weight is 339 g/mol. The minimum Gasteiger partial charge on any atom is -0.756 e. The fourth-order valence-corrected chi connectivity index (χ4v) is 3.09. The predicted molar refractivity (Wildman–Crippen MR) is 92.1 cm³/mol. The predicted octanol–water partition coefficient (Wildman–Crippen LogP) is 5.30. The fraction of sp³-hybridized carbons (Fsp3) is 1.00. The summed E-state index contributed by atoms with van der Waals surface area (Å²) in [4.78, 5) is 11.8. The second-order valence-electron chi connectivity index (χ2n) is 5.87. The summed E-state index contributed by atoms with van der Waals surface area (Å²) in [6, 6.07) is 0. The van der Waals surface area contributed by atoms with Gasteiger partial charge in [-0.3, -0.25) is 4.57 Å². The Bertz CT molecular complexity index is 265. The van der Waals surface area contributed by atoms with Crippen LogP contribution in [0.5, 0.6) is 0 Å². The number of phosphoric acid groups is 1. The highest BCUT2D eigenvalue weighted by Crippen LogP contribution is 2.40. The maximum Gasteiger partial charge on any atom is 0.267 e. The molecule has 0 spiro atoms. The van der Waals surface area contributed by atoms with Gasteiger partial charge in [-0.25, -0.2) is 0 Å². The quantitative estimate of drug-likeness (QED) is 0.434. The Hall–Kier alpha value is 0.0700. The van der Waals surface area contributed by atoms with Crippen molar-refractivity contribution in [1.29, 1.82) is 0 Å². The standard InChI is InChI=1S/C16H35O4P.H3N/c1-5-9-11-15(7-3)13-19-21(17,18)20-14-16(8-4)12-10-6-2;/h15-16H,5-14H2,1-4H3,(H,17,18);1H3. The van der Waals surface area contributed by atoms with E-state index >= 15 is 0 Å². The van der Waals surface area contributed by atoms with Gasteiger partial charge in [0, 0.05) is 0 Å². The molecule has 0 bridgehead atoms. The van der Waals surface area contributed by atoms with Crippen molar-refractivity contribution >= 4 is 7.82 Å². The smallest absolute Gasteiger partial charge is 0.267 e. The lowest BCUT2D eigenvalue weighted by Crippen LogP contribution is -2.17. The molecule has 4 N–H and O–H groups in total. The summed E-state index contributed by atoms with van der Waals surface area (Å²) in [5.41, 5.74) is 0. The molecular weight excluding hydrogens is 301 g/mol. The van der Waals surface area contributed by atoms with Gasteiger partial charge in [0.1, 0.15) is 0 Å². The lowest BCUT2D eigenvalue weighted by Gasteiger charge is -2.27. The first kappa shape index (κ1) is 24.3. The number of hydrogen-bond donors (Lipinski definition) is 1. The summed E-state index contributed by atoms with van der Waals surface area (Å²) >= 11 is 0. The van der Waals surface area contributed by atoms with E-state index in [0.29, 0.717) is 11.8 Å². The molecule has 0 saturated heterocycles. The van der Waals surface area contributed by atoms with Gasteiger partial charge in [0.25, 0.3) is 7.82 Å². The lowest BCUT2D eigenvalue weighted by molar-refractivity contribution is -0.227. The normalized spacial score (nSPS) is 16.6. The molecule has 5 nitrogen and oxygen atoms in total. The first-order valence-corrected chi connectivity index (χ1v) is 10.0. The minimum absolute atomic E-state index is 0. The molecule has 136 valence electrons. The minimum atomic E-state index is -4.14. The first-order valence-electron chi connectivity index (χ1n) is 8.59. The summed E-state index contributed by atoms with van der Waals surface area (Å²) in [5.74, 6) is 0.607. The summed E-state index contributed by atoms with van der Waals surface area (Å²) in [6.45, 7) is 8.91. The molecule has 0 amide bonds. The SMILES string of the molecule is CCCCC(CC)COP(=O)([O-])OCC(CC)CCCC.[NH4+]. The van der Waals surface area contributed by atoms with Gasteiger partial charge < -0.3 is 20.1 Å². The van der Waals surface area contributed by atoms with E-state index in [4.69, 9.17) is 9.05 Å². The number of hydrogen-bond acceptors (Lipinski definition) is 4. The molecule has 0 rings (SSSR count). The van der Waals surface area contributed by atoms with Crippen LogP contribution in [0.4, 0.5) is 0 Å². The maximum atomic E-state index is 11.8. The monoisotopic (exact) mass is 339 g/mol. The number of rotatable bonds is 14. The van der Waals surface area contributed by atoms with E-state index < -0.39 is 7.82 Å². The number of quaternary nitrogens is 1. The van der Waals surface area contributed by atoms with Crippen molar-refractivity contribution in [1.82, 2.24) is 6.15 Å². The molecule has 0 aromatic heterocycles. The van der Waals surface area contributed by atoms with Crippen molar-refractivity contribution < 1.29 is 18.5 Å². The molecule has 0 heterocycles. The third-order valence-electron chi connectivity index (χ3n) is 4.02. The van der Waals surface area contributed by atoms with E-state index in [1.165, 1.54) is 0 Å². The zero-order valence-corrected chi connectivity index (χ0v) is 16.2. The first-order chi connectivity index (χ1) is 9.99. The van der Waals surface area contributed by atoms with Gasteiger partial charge in [0.05, 0.1) is 13.2 Å². The highest BCUT2D eigenvalue weighted by molar-refractivity contribution is 7.45.